The molecule has 1 aromatic rings. The number of phenols is 1. The van der Waals surface area contributed by atoms with Gasteiger partial charge in [-0.15, -0.1) is 0 Å². The molecule has 0 unspecified atom stereocenters. The van der Waals surface area contributed by atoms with Gasteiger partial charge in [-0.25, -0.2) is 0 Å². The number of piperidine rings is 1. The fourth-order valence-corrected chi connectivity index (χ4v) is 2.81. The molecule has 126 valence electrons. The van der Waals surface area contributed by atoms with Crippen molar-refractivity contribution in [2.75, 3.05) is 13.1 Å². The molecule has 2 rings (SSSR count). The van der Waals surface area contributed by atoms with E-state index in [0.717, 1.165) is 12.8 Å². The van der Waals surface area contributed by atoms with Gasteiger partial charge in [0.2, 0.25) is 5.91 Å². The molecule has 0 bridgehead atoms. The second-order valence-electron chi connectivity index (χ2n) is 7.42. The molecule has 0 radical (unpaired) electrons. The average molecular weight is 318 g/mol. The maximum Gasteiger partial charge on any atom is 0.253 e. The Balaban J connectivity index is 1.84. The van der Waals surface area contributed by atoms with E-state index in [-0.39, 0.29) is 29.0 Å². The standard InChI is InChI=1S/C18H26N2O3/c1-18(2,3)12-16(22)19-14-7-9-20(10-8-14)17(23)13-5-4-6-15(21)11-13/h4-6,11,14,21H,7-10,12H2,1-3H3,(H,19,22). The van der Waals surface area contributed by atoms with Crippen molar-refractivity contribution in [3.63, 3.8) is 0 Å². The first-order chi connectivity index (χ1) is 10.7. The van der Waals surface area contributed by atoms with Crippen LogP contribution in [0.5, 0.6) is 5.75 Å². The number of rotatable bonds is 3. The number of carbonyl (C=O) groups excluding carboxylic acids is 2. The Morgan fingerprint density at radius 3 is 2.48 bits per heavy atom. The third kappa shape index (κ3) is 5.27. The molecule has 2 N–H and O–H groups in total. The van der Waals surface area contributed by atoms with E-state index in [1.54, 1.807) is 23.1 Å². The monoisotopic (exact) mass is 318 g/mol. The molecular formula is C18H26N2O3. The molecule has 0 aromatic heterocycles. The summed E-state index contributed by atoms with van der Waals surface area (Å²) in [6, 6.07) is 6.55. The number of likely N-dealkylation sites (tertiary alicyclic amines) is 1. The maximum atomic E-state index is 12.4. The highest BCUT2D eigenvalue weighted by Gasteiger charge is 2.25. The van der Waals surface area contributed by atoms with Crippen molar-refractivity contribution in [3.8, 4) is 5.75 Å². The van der Waals surface area contributed by atoms with Crippen LogP contribution in [0.1, 0.15) is 50.4 Å². The van der Waals surface area contributed by atoms with Crippen LogP contribution in [-0.4, -0.2) is 41.0 Å². The van der Waals surface area contributed by atoms with E-state index in [0.29, 0.717) is 25.1 Å². The van der Waals surface area contributed by atoms with E-state index in [1.165, 1.54) is 6.07 Å². The zero-order valence-corrected chi connectivity index (χ0v) is 14.1. The molecule has 2 amide bonds. The van der Waals surface area contributed by atoms with Crippen molar-refractivity contribution < 1.29 is 14.7 Å². The molecule has 1 saturated heterocycles. The van der Waals surface area contributed by atoms with Crippen molar-refractivity contribution in [2.24, 2.45) is 5.41 Å². The number of nitrogens with one attached hydrogen (secondary N) is 1. The summed E-state index contributed by atoms with van der Waals surface area (Å²) in [7, 11) is 0. The Labute approximate surface area is 137 Å². The largest absolute Gasteiger partial charge is 0.508 e. The van der Waals surface area contributed by atoms with Gasteiger partial charge in [0.15, 0.2) is 0 Å². The van der Waals surface area contributed by atoms with Crippen LogP contribution < -0.4 is 5.32 Å². The first-order valence-corrected chi connectivity index (χ1v) is 8.12. The molecule has 23 heavy (non-hydrogen) atoms. The van der Waals surface area contributed by atoms with Crippen molar-refractivity contribution >= 4 is 11.8 Å². The van der Waals surface area contributed by atoms with Gasteiger partial charge < -0.3 is 15.3 Å². The van der Waals surface area contributed by atoms with Gasteiger partial charge in [0.1, 0.15) is 5.75 Å². The summed E-state index contributed by atoms with van der Waals surface area (Å²) in [5, 5.41) is 12.5. The number of hydrogen-bond donors (Lipinski definition) is 2. The summed E-state index contributed by atoms with van der Waals surface area (Å²) in [6.45, 7) is 7.37. The lowest BCUT2D eigenvalue weighted by molar-refractivity contribution is -0.123. The van der Waals surface area contributed by atoms with Gasteiger partial charge in [-0.1, -0.05) is 26.8 Å². The number of nitrogens with zero attached hydrogens (tertiary/aromatic N) is 1. The first-order valence-electron chi connectivity index (χ1n) is 8.12. The summed E-state index contributed by atoms with van der Waals surface area (Å²) >= 11 is 0. The SMILES string of the molecule is CC(C)(C)CC(=O)NC1CCN(C(=O)c2cccc(O)c2)CC1. The highest BCUT2D eigenvalue weighted by Crippen LogP contribution is 2.20. The van der Waals surface area contributed by atoms with Crippen LogP contribution in [0.4, 0.5) is 0 Å². The third-order valence-electron chi connectivity index (χ3n) is 3.93. The second kappa shape index (κ2) is 7.02. The molecule has 5 nitrogen and oxygen atoms in total. The highest BCUT2D eigenvalue weighted by atomic mass is 16.3. The summed E-state index contributed by atoms with van der Waals surface area (Å²) in [6.07, 6.45) is 2.04. The van der Waals surface area contributed by atoms with E-state index in [9.17, 15) is 14.7 Å². The fraction of sp³-hybridized carbons (Fsp3) is 0.556. The Bertz CT molecular complexity index is 570. The number of amides is 2. The van der Waals surface area contributed by atoms with Crippen molar-refractivity contribution in [1.29, 1.82) is 0 Å². The Morgan fingerprint density at radius 2 is 1.91 bits per heavy atom. The van der Waals surface area contributed by atoms with Crippen molar-refractivity contribution in [3.05, 3.63) is 29.8 Å². The van der Waals surface area contributed by atoms with Crippen LogP contribution >= 0.6 is 0 Å². The maximum absolute atomic E-state index is 12.4. The molecule has 1 fully saturated rings. The normalized spacial score (nSPS) is 16.2. The number of aromatic hydroxyl groups is 1. The van der Waals surface area contributed by atoms with Gasteiger partial charge in [-0.2, -0.15) is 0 Å². The zero-order valence-electron chi connectivity index (χ0n) is 14.1. The molecule has 5 heteroatoms. The lowest BCUT2D eigenvalue weighted by Gasteiger charge is -2.33. The minimum absolute atomic E-state index is 0.0178. The van der Waals surface area contributed by atoms with E-state index < -0.39 is 0 Å². The summed E-state index contributed by atoms with van der Waals surface area (Å²) in [5.41, 5.74) is 0.482. The molecule has 0 spiro atoms. The molecule has 1 aliphatic heterocycles. The van der Waals surface area contributed by atoms with Crippen molar-refractivity contribution in [1.82, 2.24) is 10.2 Å². The third-order valence-corrected chi connectivity index (χ3v) is 3.93. The number of phenolic OH excluding ortho intramolecular Hbond substituents is 1. The summed E-state index contributed by atoms with van der Waals surface area (Å²) in [5.74, 6) is 0.107. The van der Waals surface area contributed by atoms with Crippen LogP contribution in [0.3, 0.4) is 0 Å². The molecule has 1 aromatic carbocycles. The lowest BCUT2D eigenvalue weighted by atomic mass is 9.91. The number of benzene rings is 1. The minimum Gasteiger partial charge on any atom is -0.508 e. The zero-order chi connectivity index (χ0) is 17.0. The van der Waals surface area contributed by atoms with Gasteiger partial charge in [0, 0.05) is 31.1 Å². The van der Waals surface area contributed by atoms with Crippen LogP contribution in [0.2, 0.25) is 0 Å². The Hall–Kier alpha value is -2.04. The molecule has 1 heterocycles. The Kier molecular flexibility index (Phi) is 5.29. The molecule has 1 aliphatic rings. The minimum atomic E-state index is -0.0691. The summed E-state index contributed by atoms with van der Waals surface area (Å²) in [4.78, 5) is 26.2. The molecule has 0 aliphatic carbocycles. The van der Waals surface area contributed by atoms with Gasteiger partial charge in [0.05, 0.1) is 0 Å². The van der Waals surface area contributed by atoms with E-state index in [1.807, 2.05) is 20.8 Å². The topological polar surface area (TPSA) is 69.6 Å². The van der Waals surface area contributed by atoms with Gasteiger partial charge in [0.25, 0.3) is 5.91 Å². The van der Waals surface area contributed by atoms with Crippen LogP contribution in [0, 0.1) is 5.41 Å². The highest BCUT2D eigenvalue weighted by molar-refractivity contribution is 5.94. The smallest absolute Gasteiger partial charge is 0.253 e. The lowest BCUT2D eigenvalue weighted by Crippen LogP contribution is -2.47. The van der Waals surface area contributed by atoms with E-state index >= 15 is 0 Å². The van der Waals surface area contributed by atoms with E-state index in [2.05, 4.69) is 5.32 Å². The molecule has 0 saturated carbocycles. The predicted octanol–water partition coefficient (Wildman–Crippen LogP) is 2.55. The first kappa shape index (κ1) is 17.3. The van der Waals surface area contributed by atoms with Gasteiger partial charge in [-0.05, 0) is 36.5 Å². The molecule has 0 atom stereocenters. The van der Waals surface area contributed by atoms with Crippen molar-refractivity contribution in [2.45, 2.75) is 46.1 Å². The van der Waals surface area contributed by atoms with Crippen LogP contribution in [-0.2, 0) is 4.79 Å². The van der Waals surface area contributed by atoms with Gasteiger partial charge >= 0.3 is 0 Å². The second-order valence-corrected chi connectivity index (χ2v) is 7.42. The van der Waals surface area contributed by atoms with Crippen LogP contribution in [0.25, 0.3) is 0 Å². The molecular weight excluding hydrogens is 292 g/mol. The van der Waals surface area contributed by atoms with E-state index in [4.69, 9.17) is 0 Å². The summed E-state index contributed by atoms with van der Waals surface area (Å²) < 4.78 is 0. The number of hydrogen-bond acceptors (Lipinski definition) is 3. The fourth-order valence-electron chi connectivity index (χ4n) is 2.81. The van der Waals surface area contributed by atoms with Gasteiger partial charge in [-0.3, -0.25) is 9.59 Å². The quantitative estimate of drug-likeness (QED) is 0.900. The Morgan fingerprint density at radius 1 is 1.26 bits per heavy atom. The average Bonchev–Trinajstić information content (AvgIpc) is 2.45. The van der Waals surface area contributed by atoms with Crippen LogP contribution in [0.15, 0.2) is 24.3 Å². The predicted molar refractivity (Wildman–Crippen MR) is 89.2 cm³/mol. The number of carbonyl (C=O) groups is 2.